The van der Waals surface area contributed by atoms with Crippen molar-refractivity contribution in [3.05, 3.63) is 66.4 Å². The maximum absolute atomic E-state index is 12.7. The van der Waals surface area contributed by atoms with E-state index in [9.17, 15) is 9.90 Å². The van der Waals surface area contributed by atoms with Gasteiger partial charge in [0.25, 0.3) is 0 Å². The van der Waals surface area contributed by atoms with E-state index in [4.69, 9.17) is 0 Å². The Morgan fingerprint density at radius 1 is 1.12 bits per heavy atom. The van der Waals surface area contributed by atoms with Crippen LogP contribution < -0.4 is 5.32 Å². The lowest BCUT2D eigenvalue weighted by Gasteiger charge is -2.22. The third-order valence-electron chi connectivity index (χ3n) is 4.24. The summed E-state index contributed by atoms with van der Waals surface area (Å²) in [6, 6.07) is 17.6. The van der Waals surface area contributed by atoms with Crippen molar-refractivity contribution in [3.8, 4) is 0 Å². The topological polar surface area (TPSA) is 57.5 Å². The highest BCUT2D eigenvalue weighted by Crippen LogP contribution is 2.26. The SMILES string of the molecule is CCn1cc(NC(=O)N(CCO)Cc2ccccc2)c2ccccc21. The number of rotatable bonds is 6. The minimum absolute atomic E-state index is 0.0724. The predicted octanol–water partition coefficient (Wildman–Crippen LogP) is 3.69. The largest absolute Gasteiger partial charge is 0.395 e. The first-order chi connectivity index (χ1) is 12.2. The lowest BCUT2D eigenvalue weighted by molar-refractivity contribution is 0.185. The van der Waals surface area contributed by atoms with Gasteiger partial charge in [-0.1, -0.05) is 48.5 Å². The minimum Gasteiger partial charge on any atom is -0.395 e. The lowest BCUT2D eigenvalue weighted by atomic mass is 10.2. The zero-order valence-corrected chi connectivity index (χ0v) is 14.4. The molecule has 0 aliphatic carbocycles. The third kappa shape index (κ3) is 3.83. The van der Waals surface area contributed by atoms with Crippen molar-refractivity contribution in [2.75, 3.05) is 18.5 Å². The van der Waals surface area contributed by atoms with Gasteiger partial charge < -0.3 is 19.9 Å². The number of anilines is 1. The summed E-state index contributed by atoms with van der Waals surface area (Å²) in [5.74, 6) is 0. The van der Waals surface area contributed by atoms with Crippen LogP contribution in [0.2, 0.25) is 0 Å². The quantitative estimate of drug-likeness (QED) is 0.721. The molecule has 0 unspecified atom stereocenters. The summed E-state index contributed by atoms with van der Waals surface area (Å²) < 4.78 is 2.11. The van der Waals surface area contributed by atoms with Crippen molar-refractivity contribution in [2.24, 2.45) is 0 Å². The zero-order chi connectivity index (χ0) is 17.6. The zero-order valence-electron chi connectivity index (χ0n) is 14.4. The van der Waals surface area contributed by atoms with E-state index in [0.29, 0.717) is 6.54 Å². The van der Waals surface area contributed by atoms with E-state index in [1.165, 1.54) is 0 Å². The van der Waals surface area contributed by atoms with Gasteiger partial charge in [-0.25, -0.2) is 4.79 Å². The maximum Gasteiger partial charge on any atom is 0.322 e. The highest BCUT2D eigenvalue weighted by Gasteiger charge is 2.16. The van der Waals surface area contributed by atoms with Gasteiger partial charge in [-0.15, -0.1) is 0 Å². The second kappa shape index (κ2) is 7.85. The summed E-state index contributed by atoms with van der Waals surface area (Å²) >= 11 is 0. The van der Waals surface area contributed by atoms with Crippen molar-refractivity contribution in [1.82, 2.24) is 9.47 Å². The van der Waals surface area contributed by atoms with E-state index in [1.54, 1.807) is 4.90 Å². The van der Waals surface area contributed by atoms with Gasteiger partial charge in [0, 0.05) is 31.2 Å². The second-order valence-corrected chi connectivity index (χ2v) is 5.91. The molecule has 0 aliphatic heterocycles. The third-order valence-corrected chi connectivity index (χ3v) is 4.24. The van der Waals surface area contributed by atoms with Crippen molar-refractivity contribution >= 4 is 22.6 Å². The van der Waals surface area contributed by atoms with E-state index in [2.05, 4.69) is 16.8 Å². The first-order valence-corrected chi connectivity index (χ1v) is 8.51. The van der Waals surface area contributed by atoms with Crippen LogP contribution in [-0.2, 0) is 13.1 Å². The van der Waals surface area contributed by atoms with Crippen LogP contribution in [-0.4, -0.2) is 33.8 Å². The number of urea groups is 1. The fraction of sp³-hybridized carbons (Fsp3) is 0.250. The Balaban J connectivity index is 1.82. The summed E-state index contributed by atoms with van der Waals surface area (Å²) in [7, 11) is 0. The number of para-hydroxylation sites is 1. The molecular weight excluding hydrogens is 314 g/mol. The summed E-state index contributed by atoms with van der Waals surface area (Å²) in [6.07, 6.45) is 1.96. The highest BCUT2D eigenvalue weighted by atomic mass is 16.3. The van der Waals surface area contributed by atoms with Crippen molar-refractivity contribution in [1.29, 1.82) is 0 Å². The molecule has 5 nitrogen and oxygen atoms in total. The Hall–Kier alpha value is -2.79. The molecule has 1 heterocycles. The summed E-state index contributed by atoms with van der Waals surface area (Å²) in [6.45, 7) is 3.58. The van der Waals surface area contributed by atoms with E-state index in [-0.39, 0.29) is 19.2 Å². The normalized spacial score (nSPS) is 10.8. The number of aryl methyl sites for hydroxylation is 1. The standard InChI is InChI=1S/C20H23N3O2/c1-2-22-15-18(17-10-6-7-11-19(17)22)21-20(25)23(12-13-24)14-16-8-4-3-5-9-16/h3-11,15,24H,2,12-14H2,1H3,(H,21,25). The summed E-state index contributed by atoms with van der Waals surface area (Å²) in [5.41, 5.74) is 2.91. The minimum atomic E-state index is -0.211. The van der Waals surface area contributed by atoms with Crippen molar-refractivity contribution < 1.29 is 9.90 Å². The lowest BCUT2D eigenvalue weighted by Crippen LogP contribution is -2.36. The molecule has 2 N–H and O–H groups in total. The molecule has 0 saturated carbocycles. The molecule has 2 aromatic carbocycles. The van der Waals surface area contributed by atoms with Crippen LogP contribution in [0.4, 0.5) is 10.5 Å². The molecule has 25 heavy (non-hydrogen) atoms. The van der Waals surface area contributed by atoms with Gasteiger partial charge in [0.05, 0.1) is 17.8 Å². The first-order valence-electron chi connectivity index (χ1n) is 8.51. The van der Waals surface area contributed by atoms with Crippen molar-refractivity contribution in [2.45, 2.75) is 20.0 Å². The molecule has 0 spiro atoms. The Kier molecular flexibility index (Phi) is 5.36. The fourth-order valence-corrected chi connectivity index (χ4v) is 2.98. The van der Waals surface area contributed by atoms with Gasteiger partial charge in [0.2, 0.25) is 0 Å². The number of fused-ring (bicyclic) bond motifs is 1. The number of amides is 2. The molecule has 0 bridgehead atoms. The predicted molar refractivity (Wildman–Crippen MR) is 101 cm³/mol. The Morgan fingerprint density at radius 2 is 1.84 bits per heavy atom. The number of aliphatic hydroxyl groups excluding tert-OH is 1. The first kappa shape index (κ1) is 17.0. The number of nitrogens with zero attached hydrogens (tertiary/aromatic N) is 2. The number of hydrogen-bond donors (Lipinski definition) is 2. The molecule has 2 amide bonds. The smallest absolute Gasteiger partial charge is 0.322 e. The molecule has 0 fully saturated rings. The van der Waals surface area contributed by atoms with Crippen LogP contribution >= 0.6 is 0 Å². The van der Waals surface area contributed by atoms with Crippen LogP contribution in [0.1, 0.15) is 12.5 Å². The van der Waals surface area contributed by atoms with Crippen molar-refractivity contribution in [3.63, 3.8) is 0 Å². The van der Waals surface area contributed by atoms with Crippen LogP contribution in [0, 0.1) is 0 Å². The van der Waals surface area contributed by atoms with Crippen LogP contribution in [0.15, 0.2) is 60.8 Å². The number of aromatic nitrogens is 1. The molecule has 5 heteroatoms. The van der Waals surface area contributed by atoms with Gasteiger partial charge in [-0.3, -0.25) is 0 Å². The molecule has 0 radical (unpaired) electrons. The molecule has 3 rings (SSSR count). The number of carbonyl (C=O) groups is 1. The Morgan fingerprint density at radius 3 is 2.56 bits per heavy atom. The average Bonchev–Trinajstić information content (AvgIpc) is 3.00. The second-order valence-electron chi connectivity index (χ2n) is 5.91. The molecule has 3 aromatic rings. The summed E-state index contributed by atoms with van der Waals surface area (Å²) in [5, 5.41) is 13.3. The fourth-order valence-electron chi connectivity index (χ4n) is 2.98. The van der Waals surface area contributed by atoms with Gasteiger partial charge in [-0.2, -0.15) is 0 Å². The Labute approximate surface area is 147 Å². The molecule has 1 aromatic heterocycles. The number of aliphatic hydroxyl groups is 1. The number of hydrogen-bond acceptors (Lipinski definition) is 2. The van der Waals surface area contributed by atoms with Crippen LogP contribution in [0.3, 0.4) is 0 Å². The highest BCUT2D eigenvalue weighted by molar-refractivity contribution is 6.01. The molecular formula is C20H23N3O2. The van der Waals surface area contributed by atoms with Crippen LogP contribution in [0.25, 0.3) is 10.9 Å². The number of benzene rings is 2. The van der Waals surface area contributed by atoms with E-state index in [0.717, 1.165) is 28.7 Å². The van der Waals surface area contributed by atoms with E-state index >= 15 is 0 Å². The van der Waals surface area contributed by atoms with Gasteiger partial charge in [-0.05, 0) is 18.6 Å². The maximum atomic E-state index is 12.7. The van der Waals surface area contributed by atoms with E-state index < -0.39 is 0 Å². The molecule has 0 atom stereocenters. The van der Waals surface area contributed by atoms with Gasteiger partial charge >= 0.3 is 6.03 Å². The average molecular weight is 337 g/mol. The Bertz CT molecular complexity index is 843. The van der Waals surface area contributed by atoms with Gasteiger partial charge in [0.15, 0.2) is 0 Å². The number of nitrogens with one attached hydrogen (secondary N) is 1. The summed E-state index contributed by atoms with van der Waals surface area (Å²) in [4.78, 5) is 14.4. The molecule has 0 saturated heterocycles. The van der Waals surface area contributed by atoms with Gasteiger partial charge in [0.1, 0.15) is 0 Å². The molecule has 130 valence electrons. The molecule has 0 aliphatic rings. The van der Waals surface area contributed by atoms with Crippen LogP contribution in [0.5, 0.6) is 0 Å². The number of carbonyl (C=O) groups excluding carboxylic acids is 1. The van der Waals surface area contributed by atoms with E-state index in [1.807, 2.05) is 60.8 Å². The monoisotopic (exact) mass is 337 g/mol.